The van der Waals surface area contributed by atoms with E-state index in [0.717, 1.165) is 13.0 Å². The Labute approximate surface area is 98.7 Å². The van der Waals surface area contributed by atoms with E-state index in [2.05, 4.69) is 45.1 Å². The summed E-state index contributed by atoms with van der Waals surface area (Å²) in [4.78, 5) is 0. The van der Waals surface area contributed by atoms with Crippen molar-refractivity contribution in [2.45, 2.75) is 46.7 Å². The third-order valence-electron chi connectivity index (χ3n) is 3.12. The molecule has 0 aliphatic rings. The number of hydrogen-bond acceptors (Lipinski definition) is 2. The van der Waals surface area contributed by atoms with Crippen molar-refractivity contribution in [1.29, 1.82) is 0 Å². The van der Waals surface area contributed by atoms with E-state index in [0.29, 0.717) is 0 Å². The first-order valence-corrected chi connectivity index (χ1v) is 5.99. The molecule has 0 saturated carbocycles. The SMILES string of the molecule is CC[C@@H](CO)NCc1c(C)cc(C)cc1C. The summed E-state index contributed by atoms with van der Waals surface area (Å²) in [7, 11) is 0. The van der Waals surface area contributed by atoms with E-state index >= 15 is 0 Å². The second-order valence-corrected chi connectivity index (χ2v) is 4.55. The highest BCUT2D eigenvalue weighted by Gasteiger charge is 2.07. The molecule has 16 heavy (non-hydrogen) atoms. The fourth-order valence-electron chi connectivity index (χ4n) is 2.07. The molecule has 1 aromatic rings. The van der Waals surface area contributed by atoms with Crippen molar-refractivity contribution in [1.82, 2.24) is 5.32 Å². The van der Waals surface area contributed by atoms with Gasteiger partial charge in [0.1, 0.15) is 0 Å². The summed E-state index contributed by atoms with van der Waals surface area (Å²) in [5.41, 5.74) is 5.33. The molecule has 2 N–H and O–H groups in total. The Bertz CT molecular complexity index is 320. The van der Waals surface area contributed by atoms with Crippen LogP contribution in [0.3, 0.4) is 0 Å². The van der Waals surface area contributed by atoms with E-state index in [1.165, 1.54) is 22.3 Å². The van der Waals surface area contributed by atoms with Crippen molar-refractivity contribution in [3.63, 3.8) is 0 Å². The summed E-state index contributed by atoms with van der Waals surface area (Å²) in [5, 5.41) is 12.5. The summed E-state index contributed by atoms with van der Waals surface area (Å²) in [5.74, 6) is 0. The van der Waals surface area contributed by atoms with Crippen molar-refractivity contribution in [3.8, 4) is 0 Å². The van der Waals surface area contributed by atoms with Crippen LogP contribution in [0.15, 0.2) is 12.1 Å². The van der Waals surface area contributed by atoms with Gasteiger partial charge in [0.05, 0.1) is 6.61 Å². The Morgan fingerprint density at radius 1 is 1.19 bits per heavy atom. The van der Waals surface area contributed by atoms with Crippen LogP contribution < -0.4 is 5.32 Å². The Hall–Kier alpha value is -0.860. The molecule has 2 heteroatoms. The minimum Gasteiger partial charge on any atom is -0.395 e. The van der Waals surface area contributed by atoms with Gasteiger partial charge in [-0.3, -0.25) is 0 Å². The summed E-state index contributed by atoms with van der Waals surface area (Å²) in [6.07, 6.45) is 0.959. The van der Waals surface area contributed by atoms with E-state index in [4.69, 9.17) is 5.11 Å². The summed E-state index contributed by atoms with van der Waals surface area (Å²) in [6, 6.07) is 4.63. The third-order valence-corrected chi connectivity index (χ3v) is 3.12. The number of hydrogen-bond donors (Lipinski definition) is 2. The molecule has 2 nitrogen and oxygen atoms in total. The van der Waals surface area contributed by atoms with E-state index in [1.807, 2.05) is 0 Å². The average Bonchev–Trinajstić information content (AvgIpc) is 2.22. The zero-order valence-electron chi connectivity index (χ0n) is 10.8. The molecule has 1 atom stereocenters. The summed E-state index contributed by atoms with van der Waals surface area (Å²) < 4.78 is 0. The molecule has 1 aromatic carbocycles. The summed E-state index contributed by atoms with van der Waals surface area (Å²) in [6.45, 7) is 9.56. The van der Waals surface area contributed by atoms with Gasteiger partial charge in [0.15, 0.2) is 0 Å². The van der Waals surface area contributed by atoms with Gasteiger partial charge in [0, 0.05) is 12.6 Å². The second kappa shape index (κ2) is 6.02. The standard InChI is InChI=1S/C14H23NO/c1-5-13(9-16)15-8-14-11(3)6-10(2)7-12(14)4/h6-7,13,15-16H,5,8-9H2,1-4H3/t13-/m0/s1. The van der Waals surface area contributed by atoms with Gasteiger partial charge < -0.3 is 10.4 Å². The van der Waals surface area contributed by atoms with Crippen molar-refractivity contribution < 1.29 is 5.11 Å². The van der Waals surface area contributed by atoms with Gasteiger partial charge in [-0.1, -0.05) is 24.6 Å². The minimum atomic E-state index is 0.208. The molecule has 0 saturated heterocycles. The van der Waals surface area contributed by atoms with E-state index in [1.54, 1.807) is 0 Å². The number of aliphatic hydroxyl groups is 1. The first-order valence-electron chi connectivity index (χ1n) is 5.99. The number of aliphatic hydroxyl groups excluding tert-OH is 1. The second-order valence-electron chi connectivity index (χ2n) is 4.55. The van der Waals surface area contributed by atoms with E-state index < -0.39 is 0 Å². The highest BCUT2D eigenvalue weighted by Crippen LogP contribution is 2.16. The van der Waals surface area contributed by atoms with E-state index in [-0.39, 0.29) is 12.6 Å². The maximum atomic E-state index is 9.12. The number of nitrogens with one attached hydrogen (secondary N) is 1. The van der Waals surface area contributed by atoms with Crippen molar-refractivity contribution in [3.05, 3.63) is 34.4 Å². The molecule has 0 bridgehead atoms. The van der Waals surface area contributed by atoms with Gasteiger partial charge in [0.2, 0.25) is 0 Å². The lowest BCUT2D eigenvalue weighted by molar-refractivity contribution is 0.238. The average molecular weight is 221 g/mol. The first-order chi connectivity index (χ1) is 7.58. The Kier molecular flexibility index (Phi) is 4.97. The van der Waals surface area contributed by atoms with Gasteiger partial charge in [-0.25, -0.2) is 0 Å². The van der Waals surface area contributed by atoms with Gasteiger partial charge in [-0.05, 0) is 43.9 Å². The van der Waals surface area contributed by atoms with Crippen LogP contribution in [0, 0.1) is 20.8 Å². The van der Waals surface area contributed by atoms with Crippen LogP contribution in [0.4, 0.5) is 0 Å². The Balaban J connectivity index is 2.74. The molecule has 0 aliphatic heterocycles. The Morgan fingerprint density at radius 2 is 1.75 bits per heavy atom. The molecular weight excluding hydrogens is 198 g/mol. The van der Waals surface area contributed by atoms with Gasteiger partial charge in [-0.15, -0.1) is 0 Å². The molecule has 0 amide bonds. The maximum absolute atomic E-state index is 9.12. The zero-order chi connectivity index (χ0) is 12.1. The lowest BCUT2D eigenvalue weighted by Gasteiger charge is -2.17. The lowest BCUT2D eigenvalue weighted by Crippen LogP contribution is -2.31. The van der Waals surface area contributed by atoms with Crippen LogP contribution >= 0.6 is 0 Å². The van der Waals surface area contributed by atoms with Gasteiger partial charge >= 0.3 is 0 Å². The largest absolute Gasteiger partial charge is 0.395 e. The first kappa shape index (κ1) is 13.2. The molecule has 90 valence electrons. The molecule has 0 heterocycles. The topological polar surface area (TPSA) is 32.3 Å². The molecule has 0 aromatic heterocycles. The molecule has 0 radical (unpaired) electrons. The molecule has 1 rings (SSSR count). The van der Waals surface area contributed by atoms with Crippen LogP contribution in [0.1, 0.15) is 35.6 Å². The van der Waals surface area contributed by atoms with Crippen LogP contribution in [-0.2, 0) is 6.54 Å². The van der Waals surface area contributed by atoms with Crippen molar-refractivity contribution in [2.75, 3.05) is 6.61 Å². The number of rotatable bonds is 5. The lowest BCUT2D eigenvalue weighted by atomic mass is 9.99. The monoisotopic (exact) mass is 221 g/mol. The Morgan fingerprint density at radius 3 is 2.19 bits per heavy atom. The predicted octanol–water partition coefficient (Wildman–Crippen LogP) is 2.47. The highest BCUT2D eigenvalue weighted by molar-refractivity contribution is 5.37. The third kappa shape index (κ3) is 3.32. The summed E-state index contributed by atoms with van der Waals surface area (Å²) >= 11 is 0. The normalized spacial score (nSPS) is 12.8. The van der Waals surface area contributed by atoms with Crippen molar-refractivity contribution >= 4 is 0 Å². The zero-order valence-corrected chi connectivity index (χ0v) is 10.8. The molecule has 0 unspecified atom stereocenters. The van der Waals surface area contributed by atoms with Crippen LogP contribution in [0.5, 0.6) is 0 Å². The minimum absolute atomic E-state index is 0.208. The van der Waals surface area contributed by atoms with Crippen LogP contribution in [-0.4, -0.2) is 17.8 Å². The quantitative estimate of drug-likeness (QED) is 0.800. The van der Waals surface area contributed by atoms with Crippen molar-refractivity contribution in [2.24, 2.45) is 0 Å². The van der Waals surface area contributed by atoms with Gasteiger partial charge in [0.25, 0.3) is 0 Å². The molecule has 0 fully saturated rings. The van der Waals surface area contributed by atoms with Crippen LogP contribution in [0.2, 0.25) is 0 Å². The van der Waals surface area contributed by atoms with Crippen LogP contribution in [0.25, 0.3) is 0 Å². The highest BCUT2D eigenvalue weighted by atomic mass is 16.3. The smallest absolute Gasteiger partial charge is 0.0584 e. The molecular formula is C14H23NO. The van der Waals surface area contributed by atoms with Gasteiger partial charge in [-0.2, -0.15) is 0 Å². The molecule has 0 spiro atoms. The molecule has 0 aliphatic carbocycles. The fourth-order valence-corrected chi connectivity index (χ4v) is 2.07. The fraction of sp³-hybridized carbons (Fsp3) is 0.571. The predicted molar refractivity (Wildman–Crippen MR) is 68.7 cm³/mol. The number of benzene rings is 1. The maximum Gasteiger partial charge on any atom is 0.0584 e. The number of aryl methyl sites for hydroxylation is 3. The van der Waals surface area contributed by atoms with E-state index in [9.17, 15) is 0 Å².